The molecule has 6 heteroatoms. The molecule has 38 heavy (non-hydrogen) atoms. The quantitative estimate of drug-likeness (QED) is 0.238. The molecule has 8 rings (SSSR count). The van der Waals surface area contributed by atoms with Crippen LogP contribution in [0.5, 0.6) is 11.5 Å². The molecule has 0 spiro atoms. The van der Waals surface area contributed by atoms with Gasteiger partial charge in [-0.1, -0.05) is 36.4 Å². The van der Waals surface area contributed by atoms with Crippen LogP contribution in [0, 0.1) is 0 Å². The van der Waals surface area contributed by atoms with Crippen molar-refractivity contribution in [1.29, 1.82) is 0 Å². The molecule has 182 valence electrons. The van der Waals surface area contributed by atoms with Crippen LogP contribution >= 0.6 is 0 Å². The number of benzene rings is 4. The summed E-state index contributed by atoms with van der Waals surface area (Å²) in [6.07, 6.45) is 1.84. The van der Waals surface area contributed by atoms with Gasteiger partial charge in [-0.05, 0) is 66.0 Å². The number of pyridine rings is 2. The average molecular weight is 494 g/mol. The van der Waals surface area contributed by atoms with Gasteiger partial charge in [0, 0.05) is 35.8 Å². The number of imidazole rings is 1. The van der Waals surface area contributed by atoms with E-state index in [4.69, 9.17) is 9.72 Å². The normalized spacial score (nSPS) is 13.2. The molecule has 0 amide bonds. The Morgan fingerprint density at radius 2 is 1.55 bits per heavy atom. The molecule has 0 saturated heterocycles. The third kappa shape index (κ3) is 3.07. The Kier molecular flexibility index (Phi) is 4.40. The fourth-order valence-corrected chi connectivity index (χ4v) is 5.66. The first-order valence-corrected chi connectivity index (χ1v) is 12.7. The molecule has 1 aliphatic rings. The minimum atomic E-state index is 0.740. The lowest BCUT2D eigenvalue weighted by molar-refractivity contribution is 0.483. The number of rotatable bonds is 3. The molecule has 0 N–H and O–H groups in total. The smallest absolute Gasteiger partial charge is 0.158 e. The van der Waals surface area contributed by atoms with Gasteiger partial charge in [-0.2, -0.15) is 0 Å². The largest absolute Gasteiger partial charge is 0.457 e. The summed E-state index contributed by atoms with van der Waals surface area (Å²) in [4.78, 5) is 14.0. The lowest BCUT2D eigenvalue weighted by Crippen LogP contribution is -2.24. The first-order valence-electron chi connectivity index (χ1n) is 12.7. The number of para-hydroxylation sites is 3. The Balaban J connectivity index is 1.25. The van der Waals surface area contributed by atoms with E-state index < -0.39 is 0 Å². The molecule has 0 bridgehead atoms. The standard InChI is InChI=1S/C32H23N5O/c1-35-20-36(32-30(35)14-7-17-33-32)21-8-6-9-22(18-21)38-23-15-16-24-25-10-2-4-12-28(25)37-29-13-5-3-11-27(29)34-31(37)26(24)19-23/h2-19H,20H2,1H3. The van der Waals surface area contributed by atoms with E-state index in [0.29, 0.717) is 0 Å². The molecule has 0 radical (unpaired) electrons. The molecule has 3 aromatic heterocycles. The van der Waals surface area contributed by atoms with Crippen LogP contribution < -0.4 is 14.5 Å². The molecule has 0 atom stereocenters. The molecule has 1 aliphatic heterocycles. The van der Waals surface area contributed by atoms with E-state index in [2.05, 4.69) is 99.0 Å². The van der Waals surface area contributed by atoms with Gasteiger partial charge < -0.3 is 14.5 Å². The van der Waals surface area contributed by atoms with Crippen molar-refractivity contribution in [2.75, 3.05) is 23.5 Å². The van der Waals surface area contributed by atoms with Crippen LogP contribution in [0.2, 0.25) is 0 Å². The van der Waals surface area contributed by atoms with E-state index in [-0.39, 0.29) is 0 Å². The van der Waals surface area contributed by atoms with Crippen LogP contribution in [-0.4, -0.2) is 28.1 Å². The minimum Gasteiger partial charge on any atom is -0.457 e. The van der Waals surface area contributed by atoms with E-state index in [1.807, 2.05) is 36.5 Å². The van der Waals surface area contributed by atoms with Gasteiger partial charge >= 0.3 is 0 Å². The van der Waals surface area contributed by atoms with Gasteiger partial charge in [0.1, 0.15) is 17.1 Å². The molecule has 0 aliphatic carbocycles. The van der Waals surface area contributed by atoms with Crippen molar-refractivity contribution < 1.29 is 4.74 Å². The van der Waals surface area contributed by atoms with Crippen molar-refractivity contribution in [3.05, 3.63) is 109 Å². The van der Waals surface area contributed by atoms with E-state index in [0.717, 1.165) is 68.3 Å². The highest BCUT2D eigenvalue weighted by Gasteiger charge is 2.25. The summed E-state index contributed by atoms with van der Waals surface area (Å²) < 4.78 is 8.69. The Bertz CT molecular complexity index is 2030. The molecule has 0 unspecified atom stereocenters. The second-order valence-electron chi connectivity index (χ2n) is 9.70. The first kappa shape index (κ1) is 21.0. The number of fused-ring (bicyclic) bond motifs is 9. The van der Waals surface area contributed by atoms with Gasteiger partial charge in [-0.15, -0.1) is 0 Å². The van der Waals surface area contributed by atoms with E-state index in [1.165, 1.54) is 5.39 Å². The number of hydrogen-bond donors (Lipinski definition) is 0. The van der Waals surface area contributed by atoms with Crippen molar-refractivity contribution in [3.63, 3.8) is 0 Å². The van der Waals surface area contributed by atoms with E-state index in [9.17, 15) is 0 Å². The van der Waals surface area contributed by atoms with Crippen LogP contribution in [-0.2, 0) is 0 Å². The van der Waals surface area contributed by atoms with Crippen LogP contribution in [0.1, 0.15) is 0 Å². The minimum absolute atomic E-state index is 0.740. The molecular formula is C32H23N5O. The van der Waals surface area contributed by atoms with Gasteiger partial charge in [0.25, 0.3) is 0 Å². The van der Waals surface area contributed by atoms with Gasteiger partial charge in [-0.3, -0.25) is 4.40 Å². The lowest BCUT2D eigenvalue weighted by atomic mass is 10.1. The zero-order valence-corrected chi connectivity index (χ0v) is 20.7. The third-order valence-electron chi connectivity index (χ3n) is 7.38. The second-order valence-corrected chi connectivity index (χ2v) is 9.70. The molecule has 4 heterocycles. The monoisotopic (exact) mass is 493 g/mol. The predicted molar refractivity (Wildman–Crippen MR) is 154 cm³/mol. The van der Waals surface area contributed by atoms with Gasteiger partial charge in [-0.25, -0.2) is 9.97 Å². The Labute approximate surface area is 219 Å². The maximum atomic E-state index is 6.44. The summed E-state index contributed by atoms with van der Waals surface area (Å²) in [7, 11) is 2.08. The van der Waals surface area contributed by atoms with Crippen LogP contribution in [0.4, 0.5) is 17.2 Å². The second kappa shape index (κ2) is 7.95. The van der Waals surface area contributed by atoms with E-state index >= 15 is 0 Å². The summed E-state index contributed by atoms with van der Waals surface area (Å²) in [5, 5.41) is 3.41. The summed E-state index contributed by atoms with van der Waals surface area (Å²) >= 11 is 0. The predicted octanol–water partition coefficient (Wildman–Crippen LogP) is 7.53. The molecule has 0 saturated carbocycles. The van der Waals surface area contributed by atoms with Crippen molar-refractivity contribution in [2.45, 2.75) is 0 Å². The highest BCUT2D eigenvalue weighted by Crippen LogP contribution is 2.40. The summed E-state index contributed by atoms with van der Waals surface area (Å²) in [6.45, 7) is 0.740. The fourth-order valence-electron chi connectivity index (χ4n) is 5.66. The fraction of sp³-hybridized carbons (Fsp3) is 0.0625. The van der Waals surface area contributed by atoms with Gasteiger partial charge in [0.05, 0.1) is 28.9 Å². The SMILES string of the molecule is CN1CN(c2cccc(Oc3ccc4c5ccccc5n5c6ccccc6nc5c4c3)c2)c2ncccc21. The summed E-state index contributed by atoms with van der Waals surface area (Å²) in [5.41, 5.74) is 6.33. The van der Waals surface area contributed by atoms with Crippen molar-refractivity contribution in [2.24, 2.45) is 0 Å². The topological polar surface area (TPSA) is 45.9 Å². The number of anilines is 3. The van der Waals surface area contributed by atoms with Crippen molar-refractivity contribution in [1.82, 2.24) is 14.4 Å². The zero-order chi connectivity index (χ0) is 25.2. The Hall–Kier alpha value is -5.10. The molecule has 7 aromatic rings. The Morgan fingerprint density at radius 3 is 2.50 bits per heavy atom. The maximum Gasteiger partial charge on any atom is 0.158 e. The molecular weight excluding hydrogens is 470 g/mol. The molecule has 0 fully saturated rings. The molecule has 4 aromatic carbocycles. The van der Waals surface area contributed by atoms with Crippen LogP contribution in [0.15, 0.2) is 109 Å². The first-order chi connectivity index (χ1) is 18.7. The maximum absolute atomic E-state index is 6.44. The van der Waals surface area contributed by atoms with Crippen LogP contribution in [0.3, 0.4) is 0 Å². The van der Waals surface area contributed by atoms with Gasteiger partial charge in [0.15, 0.2) is 5.82 Å². The third-order valence-corrected chi connectivity index (χ3v) is 7.38. The highest BCUT2D eigenvalue weighted by atomic mass is 16.5. The van der Waals surface area contributed by atoms with Crippen molar-refractivity contribution in [3.8, 4) is 11.5 Å². The number of nitrogens with zero attached hydrogens (tertiary/aromatic N) is 5. The summed E-state index contributed by atoms with van der Waals surface area (Å²) in [5.74, 6) is 2.51. The molecule has 6 nitrogen and oxygen atoms in total. The zero-order valence-electron chi connectivity index (χ0n) is 20.7. The summed E-state index contributed by atoms with van der Waals surface area (Å²) in [6, 6.07) is 35.4. The van der Waals surface area contributed by atoms with Gasteiger partial charge in [0.2, 0.25) is 0 Å². The van der Waals surface area contributed by atoms with Crippen LogP contribution in [0.25, 0.3) is 38.4 Å². The Morgan fingerprint density at radius 1 is 0.711 bits per heavy atom. The lowest BCUT2D eigenvalue weighted by Gasteiger charge is -2.19. The highest BCUT2D eigenvalue weighted by molar-refractivity contribution is 6.14. The average Bonchev–Trinajstić information content (AvgIpc) is 3.52. The van der Waals surface area contributed by atoms with E-state index in [1.54, 1.807) is 0 Å². The number of ether oxygens (including phenoxy) is 1. The number of hydrogen-bond acceptors (Lipinski definition) is 5. The van der Waals surface area contributed by atoms with Crippen molar-refractivity contribution >= 4 is 55.5 Å². The number of aromatic nitrogens is 3.